The van der Waals surface area contributed by atoms with Crippen LogP contribution in [-0.2, 0) is 11.3 Å². The topological polar surface area (TPSA) is 57.8 Å². The third-order valence-electron chi connectivity index (χ3n) is 3.08. The van der Waals surface area contributed by atoms with Gasteiger partial charge in [0.25, 0.3) is 0 Å². The molecule has 1 unspecified atom stereocenters. The van der Waals surface area contributed by atoms with Crippen molar-refractivity contribution in [3.8, 4) is 0 Å². The number of carbonyl (C=O) groups is 1. The van der Waals surface area contributed by atoms with Gasteiger partial charge in [-0.1, -0.05) is 30.3 Å². The molecule has 4 nitrogen and oxygen atoms in total. The van der Waals surface area contributed by atoms with Crippen molar-refractivity contribution in [2.24, 2.45) is 0 Å². The molecule has 0 spiro atoms. The van der Waals surface area contributed by atoms with Crippen LogP contribution in [0.5, 0.6) is 0 Å². The summed E-state index contributed by atoms with van der Waals surface area (Å²) in [5, 5.41) is 9.70. The molecule has 18 heavy (non-hydrogen) atoms. The van der Waals surface area contributed by atoms with Crippen LogP contribution in [0.3, 0.4) is 0 Å². The number of H-pyrrole nitrogens is 1. The molecule has 1 atom stereocenters. The number of hydrogen-bond acceptors (Lipinski definition) is 2. The minimum absolute atomic E-state index is 0.0294. The number of nitrogens with zero attached hydrogens (tertiary/aromatic N) is 1. The second-order valence-electron chi connectivity index (χ2n) is 4.37. The van der Waals surface area contributed by atoms with Gasteiger partial charge in [0.15, 0.2) is 0 Å². The third kappa shape index (κ3) is 2.77. The molecule has 1 heterocycles. The average Bonchev–Trinajstić information content (AvgIpc) is 2.81. The van der Waals surface area contributed by atoms with Crippen LogP contribution in [0.15, 0.2) is 36.5 Å². The van der Waals surface area contributed by atoms with Crippen molar-refractivity contribution in [2.75, 3.05) is 0 Å². The lowest BCUT2D eigenvalue weighted by Crippen LogP contribution is -2.27. The fourth-order valence-electron chi connectivity index (χ4n) is 1.78. The largest absolute Gasteiger partial charge is 0.351 e. The van der Waals surface area contributed by atoms with Crippen molar-refractivity contribution >= 4 is 5.91 Å². The van der Waals surface area contributed by atoms with Crippen molar-refractivity contribution in [3.05, 3.63) is 53.3 Å². The van der Waals surface area contributed by atoms with E-state index < -0.39 is 0 Å². The lowest BCUT2D eigenvalue weighted by atomic mass is 10.0. The number of amides is 1. The van der Waals surface area contributed by atoms with Crippen LogP contribution < -0.4 is 5.32 Å². The molecule has 0 aliphatic rings. The highest BCUT2D eigenvalue weighted by Gasteiger charge is 2.14. The van der Waals surface area contributed by atoms with Gasteiger partial charge in [-0.05, 0) is 19.4 Å². The van der Waals surface area contributed by atoms with Crippen molar-refractivity contribution in [1.29, 1.82) is 0 Å². The lowest BCUT2D eigenvalue weighted by molar-refractivity contribution is -0.122. The number of hydrogen-bond donors (Lipinski definition) is 2. The number of nitrogens with one attached hydrogen (secondary N) is 2. The van der Waals surface area contributed by atoms with Crippen LogP contribution in [0.1, 0.15) is 29.7 Å². The Morgan fingerprint density at radius 1 is 1.39 bits per heavy atom. The van der Waals surface area contributed by atoms with Gasteiger partial charge in [-0.3, -0.25) is 9.89 Å². The molecule has 0 aliphatic heterocycles. The minimum atomic E-state index is -0.140. The maximum atomic E-state index is 12.0. The summed E-state index contributed by atoms with van der Waals surface area (Å²) in [6, 6.07) is 9.77. The van der Waals surface area contributed by atoms with Crippen molar-refractivity contribution < 1.29 is 4.79 Å². The zero-order chi connectivity index (χ0) is 13.0. The number of aryl methyl sites for hydroxylation is 1. The van der Waals surface area contributed by atoms with Crippen molar-refractivity contribution in [1.82, 2.24) is 15.5 Å². The van der Waals surface area contributed by atoms with Gasteiger partial charge >= 0.3 is 0 Å². The molecule has 0 aliphatic carbocycles. The zero-order valence-electron chi connectivity index (χ0n) is 10.6. The van der Waals surface area contributed by atoms with E-state index >= 15 is 0 Å². The quantitative estimate of drug-likeness (QED) is 0.864. The highest BCUT2D eigenvalue weighted by atomic mass is 16.1. The summed E-state index contributed by atoms with van der Waals surface area (Å²) in [5.74, 6) is -0.111. The summed E-state index contributed by atoms with van der Waals surface area (Å²) in [5.41, 5.74) is 3.03. The molecule has 94 valence electrons. The fourth-order valence-corrected chi connectivity index (χ4v) is 1.78. The van der Waals surface area contributed by atoms with E-state index in [4.69, 9.17) is 0 Å². The molecule has 2 N–H and O–H groups in total. The first kappa shape index (κ1) is 12.4. The molecule has 0 fully saturated rings. The Morgan fingerprint density at radius 2 is 2.11 bits per heavy atom. The Balaban J connectivity index is 1.95. The fraction of sp³-hybridized carbons (Fsp3) is 0.286. The Labute approximate surface area is 106 Å². The second-order valence-corrected chi connectivity index (χ2v) is 4.37. The summed E-state index contributed by atoms with van der Waals surface area (Å²) in [7, 11) is 0. The van der Waals surface area contributed by atoms with E-state index in [1.165, 1.54) is 0 Å². The van der Waals surface area contributed by atoms with E-state index in [0.29, 0.717) is 6.54 Å². The third-order valence-corrected chi connectivity index (χ3v) is 3.08. The number of carbonyl (C=O) groups excluding carboxylic acids is 1. The Hall–Kier alpha value is -2.10. The summed E-state index contributed by atoms with van der Waals surface area (Å²) < 4.78 is 0. The van der Waals surface area contributed by atoms with E-state index in [0.717, 1.165) is 16.8 Å². The van der Waals surface area contributed by atoms with E-state index in [1.807, 2.05) is 44.2 Å². The van der Waals surface area contributed by atoms with Crippen LogP contribution in [-0.4, -0.2) is 16.1 Å². The summed E-state index contributed by atoms with van der Waals surface area (Å²) in [4.78, 5) is 12.0. The van der Waals surface area contributed by atoms with E-state index in [9.17, 15) is 4.79 Å². The molecular weight excluding hydrogens is 226 g/mol. The standard InChI is InChI=1S/C14H17N3O/c1-10(12-6-4-3-5-7-12)14(18)15-8-13-9-16-17-11(13)2/h3-7,9-10H,8H2,1-2H3,(H,15,18)(H,16,17). The van der Waals surface area contributed by atoms with Crippen LogP contribution in [0.2, 0.25) is 0 Å². The Kier molecular flexibility index (Phi) is 3.77. The zero-order valence-corrected chi connectivity index (χ0v) is 10.6. The molecule has 0 saturated heterocycles. The van der Waals surface area contributed by atoms with Gasteiger partial charge in [0.2, 0.25) is 5.91 Å². The Morgan fingerprint density at radius 3 is 2.72 bits per heavy atom. The predicted molar refractivity (Wildman–Crippen MR) is 70.0 cm³/mol. The maximum Gasteiger partial charge on any atom is 0.227 e. The molecule has 1 aromatic heterocycles. The number of aromatic nitrogens is 2. The molecule has 2 aromatic rings. The first-order valence-corrected chi connectivity index (χ1v) is 6.00. The van der Waals surface area contributed by atoms with Gasteiger partial charge < -0.3 is 5.32 Å². The van der Waals surface area contributed by atoms with Crippen LogP contribution in [0.25, 0.3) is 0 Å². The summed E-state index contributed by atoms with van der Waals surface area (Å²) in [6.45, 7) is 4.36. The molecule has 0 saturated carbocycles. The highest BCUT2D eigenvalue weighted by molar-refractivity contribution is 5.83. The van der Waals surface area contributed by atoms with E-state index in [1.54, 1.807) is 6.20 Å². The highest BCUT2D eigenvalue weighted by Crippen LogP contribution is 2.14. The monoisotopic (exact) mass is 243 g/mol. The first-order chi connectivity index (χ1) is 8.68. The maximum absolute atomic E-state index is 12.0. The van der Waals surface area contributed by atoms with Gasteiger partial charge in [0, 0.05) is 17.8 Å². The molecule has 0 radical (unpaired) electrons. The summed E-state index contributed by atoms with van der Waals surface area (Å²) >= 11 is 0. The average molecular weight is 243 g/mol. The smallest absolute Gasteiger partial charge is 0.227 e. The predicted octanol–water partition coefficient (Wildman–Crippen LogP) is 2.14. The molecule has 2 rings (SSSR count). The normalized spacial score (nSPS) is 12.1. The number of benzene rings is 1. The van der Waals surface area contributed by atoms with Crippen molar-refractivity contribution in [3.63, 3.8) is 0 Å². The molecule has 0 bridgehead atoms. The van der Waals surface area contributed by atoms with Gasteiger partial charge in [0.1, 0.15) is 0 Å². The molecular formula is C14H17N3O. The number of rotatable bonds is 4. The van der Waals surface area contributed by atoms with E-state index in [-0.39, 0.29) is 11.8 Å². The van der Waals surface area contributed by atoms with Crippen LogP contribution >= 0.6 is 0 Å². The summed E-state index contributed by atoms with van der Waals surface area (Å²) in [6.07, 6.45) is 1.74. The SMILES string of the molecule is Cc1[nH]ncc1CNC(=O)C(C)c1ccccc1. The number of aromatic amines is 1. The van der Waals surface area contributed by atoms with Crippen LogP contribution in [0, 0.1) is 6.92 Å². The van der Waals surface area contributed by atoms with Gasteiger partial charge in [-0.25, -0.2) is 0 Å². The molecule has 1 aromatic carbocycles. The first-order valence-electron chi connectivity index (χ1n) is 6.00. The van der Waals surface area contributed by atoms with E-state index in [2.05, 4.69) is 15.5 Å². The van der Waals surface area contributed by atoms with Gasteiger partial charge in [-0.15, -0.1) is 0 Å². The van der Waals surface area contributed by atoms with Gasteiger partial charge in [0.05, 0.1) is 12.1 Å². The minimum Gasteiger partial charge on any atom is -0.351 e. The van der Waals surface area contributed by atoms with Gasteiger partial charge in [-0.2, -0.15) is 5.10 Å². The lowest BCUT2D eigenvalue weighted by Gasteiger charge is -2.12. The second kappa shape index (κ2) is 5.49. The molecule has 1 amide bonds. The van der Waals surface area contributed by atoms with Crippen LogP contribution in [0.4, 0.5) is 0 Å². The Bertz CT molecular complexity index is 519. The van der Waals surface area contributed by atoms with Crippen molar-refractivity contribution in [2.45, 2.75) is 26.3 Å². The molecule has 4 heteroatoms.